The number of carbonyl (C=O) groups is 1. The van der Waals surface area contributed by atoms with E-state index in [-0.39, 0.29) is 5.91 Å². The van der Waals surface area contributed by atoms with E-state index in [0.717, 1.165) is 10.2 Å². The average Bonchev–Trinajstić information content (AvgIpc) is 2.54. The average molecular weight is 364 g/mol. The number of rotatable bonds is 7. The topological polar surface area (TPSA) is 47.6 Å². The second-order valence-electron chi connectivity index (χ2n) is 4.53. The molecule has 0 saturated carbocycles. The predicted octanol–water partition coefficient (Wildman–Crippen LogP) is 4.12. The van der Waals surface area contributed by atoms with Crippen LogP contribution in [0.4, 0.5) is 5.69 Å². The van der Waals surface area contributed by atoms with Gasteiger partial charge in [-0.05, 0) is 49.4 Å². The van der Waals surface area contributed by atoms with Gasteiger partial charge in [0.1, 0.15) is 12.4 Å². The van der Waals surface area contributed by atoms with Crippen LogP contribution in [0.15, 0.2) is 53.0 Å². The number of amides is 1. The molecule has 0 saturated heterocycles. The smallest absolute Gasteiger partial charge is 0.255 e. The van der Waals surface area contributed by atoms with Crippen molar-refractivity contribution in [3.8, 4) is 5.75 Å². The number of benzene rings is 2. The molecule has 0 unspecified atom stereocenters. The molecule has 22 heavy (non-hydrogen) atoms. The van der Waals surface area contributed by atoms with Gasteiger partial charge in [0.15, 0.2) is 0 Å². The molecule has 5 heteroatoms. The SMILES string of the molecule is CCOCCOc1cccc(C(=O)Nc2ccc(Br)cc2)c1. The quantitative estimate of drug-likeness (QED) is 0.752. The minimum atomic E-state index is -0.169. The monoisotopic (exact) mass is 363 g/mol. The van der Waals surface area contributed by atoms with E-state index in [0.29, 0.717) is 31.1 Å². The highest BCUT2D eigenvalue weighted by molar-refractivity contribution is 9.10. The fourth-order valence-electron chi connectivity index (χ4n) is 1.83. The lowest BCUT2D eigenvalue weighted by atomic mass is 10.2. The summed E-state index contributed by atoms with van der Waals surface area (Å²) in [6.07, 6.45) is 0. The Labute approximate surface area is 138 Å². The summed E-state index contributed by atoms with van der Waals surface area (Å²) < 4.78 is 11.7. The summed E-state index contributed by atoms with van der Waals surface area (Å²) in [5, 5.41) is 2.85. The van der Waals surface area contributed by atoms with Crippen LogP contribution in [0, 0.1) is 0 Å². The molecule has 2 rings (SSSR count). The number of carbonyl (C=O) groups excluding carboxylic acids is 1. The predicted molar refractivity (Wildman–Crippen MR) is 90.5 cm³/mol. The molecular weight excluding hydrogens is 346 g/mol. The molecule has 116 valence electrons. The van der Waals surface area contributed by atoms with Gasteiger partial charge in [0.05, 0.1) is 6.61 Å². The van der Waals surface area contributed by atoms with Crippen LogP contribution in [0.1, 0.15) is 17.3 Å². The minimum absolute atomic E-state index is 0.169. The summed E-state index contributed by atoms with van der Waals surface area (Å²) in [5.74, 6) is 0.487. The normalized spacial score (nSPS) is 10.3. The van der Waals surface area contributed by atoms with Crippen molar-refractivity contribution < 1.29 is 14.3 Å². The highest BCUT2D eigenvalue weighted by Crippen LogP contribution is 2.17. The van der Waals surface area contributed by atoms with Crippen LogP contribution in [0.25, 0.3) is 0 Å². The van der Waals surface area contributed by atoms with Gasteiger partial charge in [0.25, 0.3) is 5.91 Å². The zero-order valence-corrected chi connectivity index (χ0v) is 13.9. The van der Waals surface area contributed by atoms with Crippen LogP contribution in [0.3, 0.4) is 0 Å². The molecule has 2 aromatic carbocycles. The molecule has 0 aliphatic heterocycles. The first-order chi connectivity index (χ1) is 10.7. The molecule has 1 N–H and O–H groups in total. The van der Waals surface area contributed by atoms with E-state index < -0.39 is 0 Å². The first kappa shape index (κ1) is 16.5. The van der Waals surface area contributed by atoms with E-state index in [2.05, 4.69) is 21.2 Å². The van der Waals surface area contributed by atoms with Gasteiger partial charge in [-0.3, -0.25) is 4.79 Å². The van der Waals surface area contributed by atoms with Crippen molar-refractivity contribution in [1.82, 2.24) is 0 Å². The Balaban J connectivity index is 1.96. The van der Waals surface area contributed by atoms with Gasteiger partial charge in [0, 0.05) is 22.3 Å². The maximum absolute atomic E-state index is 12.2. The maximum Gasteiger partial charge on any atom is 0.255 e. The van der Waals surface area contributed by atoms with Crippen molar-refractivity contribution in [3.05, 3.63) is 58.6 Å². The van der Waals surface area contributed by atoms with Crippen LogP contribution >= 0.6 is 15.9 Å². The van der Waals surface area contributed by atoms with Crippen LogP contribution in [-0.4, -0.2) is 25.7 Å². The molecule has 0 aliphatic carbocycles. The fourth-order valence-corrected chi connectivity index (χ4v) is 2.09. The number of anilines is 1. The van der Waals surface area contributed by atoms with E-state index in [4.69, 9.17) is 9.47 Å². The molecule has 0 aliphatic rings. The van der Waals surface area contributed by atoms with Crippen molar-refractivity contribution in [2.75, 3.05) is 25.1 Å². The second-order valence-corrected chi connectivity index (χ2v) is 5.45. The molecule has 1 amide bonds. The first-order valence-corrected chi connectivity index (χ1v) is 7.86. The lowest BCUT2D eigenvalue weighted by Gasteiger charge is -2.09. The molecule has 0 heterocycles. The van der Waals surface area contributed by atoms with Crippen LogP contribution < -0.4 is 10.1 Å². The summed E-state index contributed by atoms with van der Waals surface area (Å²) in [6, 6.07) is 14.5. The van der Waals surface area contributed by atoms with E-state index in [9.17, 15) is 4.79 Å². The Morgan fingerprint density at radius 2 is 1.91 bits per heavy atom. The maximum atomic E-state index is 12.2. The Hall–Kier alpha value is -1.85. The van der Waals surface area contributed by atoms with Crippen molar-refractivity contribution in [2.24, 2.45) is 0 Å². The summed E-state index contributed by atoms with van der Waals surface area (Å²) in [7, 11) is 0. The summed E-state index contributed by atoms with van der Waals surface area (Å²) >= 11 is 3.36. The summed E-state index contributed by atoms with van der Waals surface area (Å²) in [6.45, 7) is 3.60. The molecule has 0 fully saturated rings. The number of hydrogen-bond acceptors (Lipinski definition) is 3. The van der Waals surface area contributed by atoms with Gasteiger partial charge in [0.2, 0.25) is 0 Å². The number of hydrogen-bond donors (Lipinski definition) is 1. The molecule has 0 atom stereocenters. The summed E-state index contributed by atoms with van der Waals surface area (Å²) in [5.41, 5.74) is 1.30. The number of ether oxygens (including phenoxy) is 2. The Morgan fingerprint density at radius 3 is 2.64 bits per heavy atom. The second kappa shape index (κ2) is 8.56. The highest BCUT2D eigenvalue weighted by Gasteiger charge is 2.07. The van der Waals surface area contributed by atoms with Gasteiger partial charge in [-0.15, -0.1) is 0 Å². The van der Waals surface area contributed by atoms with E-state index in [1.54, 1.807) is 18.2 Å². The molecule has 0 aromatic heterocycles. The number of halogens is 1. The third kappa shape index (κ3) is 5.16. The van der Waals surface area contributed by atoms with Crippen molar-refractivity contribution >= 4 is 27.5 Å². The van der Waals surface area contributed by atoms with Gasteiger partial charge in [-0.1, -0.05) is 22.0 Å². The molecule has 0 radical (unpaired) electrons. The lowest BCUT2D eigenvalue weighted by molar-refractivity contribution is 0.102. The van der Waals surface area contributed by atoms with Crippen molar-refractivity contribution in [3.63, 3.8) is 0 Å². The third-order valence-electron chi connectivity index (χ3n) is 2.90. The fraction of sp³-hybridized carbons (Fsp3) is 0.235. The molecule has 4 nitrogen and oxygen atoms in total. The van der Waals surface area contributed by atoms with Crippen LogP contribution in [-0.2, 0) is 4.74 Å². The Morgan fingerprint density at radius 1 is 1.14 bits per heavy atom. The standard InChI is InChI=1S/C17H18BrNO3/c1-2-21-10-11-22-16-5-3-4-13(12-16)17(20)19-15-8-6-14(18)7-9-15/h3-9,12H,2,10-11H2,1H3,(H,19,20). The zero-order valence-electron chi connectivity index (χ0n) is 12.3. The molecular formula is C17H18BrNO3. The van der Waals surface area contributed by atoms with E-state index in [1.165, 1.54) is 0 Å². The largest absolute Gasteiger partial charge is 0.491 e. The Bertz CT molecular complexity index is 614. The molecule has 0 bridgehead atoms. The van der Waals surface area contributed by atoms with Crippen LogP contribution in [0.2, 0.25) is 0 Å². The van der Waals surface area contributed by atoms with Gasteiger partial charge < -0.3 is 14.8 Å². The minimum Gasteiger partial charge on any atom is -0.491 e. The van der Waals surface area contributed by atoms with Gasteiger partial charge >= 0.3 is 0 Å². The van der Waals surface area contributed by atoms with E-state index in [1.807, 2.05) is 37.3 Å². The molecule has 2 aromatic rings. The highest BCUT2D eigenvalue weighted by atomic mass is 79.9. The van der Waals surface area contributed by atoms with Crippen molar-refractivity contribution in [1.29, 1.82) is 0 Å². The first-order valence-electron chi connectivity index (χ1n) is 7.06. The lowest BCUT2D eigenvalue weighted by Crippen LogP contribution is -2.12. The third-order valence-corrected chi connectivity index (χ3v) is 3.43. The Kier molecular flexibility index (Phi) is 6.43. The number of nitrogens with one attached hydrogen (secondary N) is 1. The van der Waals surface area contributed by atoms with Crippen LogP contribution in [0.5, 0.6) is 5.75 Å². The summed E-state index contributed by atoms with van der Waals surface area (Å²) in [4.78, 5) is 12.2. The zero-order chi connectivity index (χ0) is 15.8. The van der Waals surface area contributed by atoms with Crippen molar-refractivity contribution in [2.45, 2.75) is 6.92 Å². The molecule has 0 spiro atoms. The van der Waals surface area contributed by atoms with E-state index >= 15 is 0 Å². The van der Waals surface area contributed by atoms with Gasteiger partial charge in [-0.25, -0.2) is 0 Å². The van der Waals surface area contributed by atoms with Gasteiger partial charge in [-0.2, -0.15) is 0 Å².